The maximum absolute atomic E-state index is 5.14. The molecule has 0 aromatic carbocycles. The number of hydrogen-bond acceptors (Lipinski definition) is 1. The van der Waals surface area contributed by atoms with Crippen molar-refractivity contribution in [1.29, 1.82) is 0 Å². The van der Waals surface area contributed by atoms with Gasteiger partial charge in [-0.3, -0.25) is 0 Å². The van der Waals surface area contributed by atoms with Gasteiger partial charge in [0.05, 0.1) is 0 Å². The van der Waals surface area contributed by atoms with Crippen molar-refractivity contribution < 1.29 is 4.65 Å². The van der Waals surface area contributed by atoms with Crippen LogP contribution in [0.5, 0.6) is 0 Å². The zero-order valence-electron chi connectivity index (χ0n) is 10.3. The first-order chi connectivity index (χ1) is 7.68. The molecule has 0 N–H and O–H groups in total. The molecule has 5 aliphatic carbocycles. The summed E-state index contributed by atoms with van der Waals surface area (Å²) < 4.78 is 4.74. The molecule has 0 aliphatic heterocycles. The van der Waals surface area contributed by atoms with E-state index in [1.54, 1.807) is 11.1 Å². The van der Waals surface area contributed by atoms with Gasteiger partial charge in [0.25, 0.3) is 8.05 Å². The van der Waals surface area contributed by atoms with Crippen LogP contribution in [-0.4, -0.2) is 14.7 Å². The summed E-state index contributed by atoms with van der Waals surface area (Å²) in [4.78, 5) is 0. The predicted octanol–water partition coefficient (Wildman–Crippen LogP) is 2.86. The fourth-order valence-corrected chi connectivity index (χ4v) is 6.23. The average Bonchev–Trinajstić information content (AvgIpc) is 2.76. The van der Waals surface area contributed by atoms with Crippen LogP contribution >= 0.6 is 0 Å². The van der Waals surface area contributed by atoms with Gasteiger partial charge in [-0.25, -0.2) is 0 Å². The van der Waals surface area contributed by atoms with Gasteiger partial charge in [0.1, 0.15) is 0 Å². The van der Waals surface area contributed by atoms with Crippen LogP contribution in [0.1, 0.15) is 39.5 Å². The summed E-state index contributed by atoms with van der Waals surface area (Å²) in [7, 11) is 5.14. The van der Waals surface area contributed by atoms with Gasteiger partial charge in [0.15, 0.2) is 0 Å². The molecule has 1 nitrogen and oxygen atoms in total. The molecule has 2 bridgehead atoms. The molecule has 0 aromatic heterocycles. The van der Waals surface area contributed by atoms with Crippen molar-refractivity contribution in [3.8, 4) is 0 Å². The van der Waals surface area contributed by atoms with E-state index in [4.69, 9.17) is 12.7 Å². The van der Waals surface area contributed by atoms with Gasteiger partial charge in [-0.05, 0) is 62.7 Å². The molecule has 5 unspecified atom stereocenters. The van der Waals surface area contributed by atoms with Crippen LogP contribution in [0.3, 0.4) is 0 Å². The Morgan fingerprint density at radius 1 is 1.38 bits per heavy atom. The first kappa shape index (κ1) is 9.76. The Balaban J connectivity index is 1.54. The summed E-state index contributed by atoms with van der Waals surface area (Å²) in [6, 6.07) is 0. The Labute approximate surface area is 99.1 Å². The van der Waals surface area contributed by atoms with Crippen molar-refractivity contribution in [1.82, 2.24) is 0 Å². The van der Waals surface area contributed by atoms with E-state index in [0.29, 0.717) is 0 Å². The van der Waals surface area contributed by atoms with Gasteiger partial charge in [-0.2, -0.15) is 0 Å². The lowest BCUT2D eigenvalue weighted by molar-refractivity contribution is -0.00182. The molecule has 0 aromatic rings. The average molecular weight is 214 g/mol. The summed E-state index contributed by atoms with van der Waals surface area (Å²) in [5, 5.41) is 0. The zero-order valence-corrected chi connectivity index (χ0v) is 10.3. The third-order valence-corrected chi connectivity index (χ3v) is 6.56. The summed E-state index contributed by atoms with van der Waals surface area (Å²) in [6.07, 6.45) is 5.58. The van der Waals surface area contributed by atoms with Crippen LogP contribution in [0.25, 0.3) is 0 Å². The highest BCUT2D eigenvalue weighted by Gasteiger charge is 2.91. The van der Waals surface area contributed by atoms with Crippen LogP contribution in [0.4, 0.5) is 0 Å². The Morgan fingerprint density at radius 3 is 2.94 bits per heavy atom. The number of allylic oxidation sites excluding steroid dienone is 2. The van der Waals surface area contributed by atoms with Crippen molar-refractivity contribution in [2.45, 2.75) is 39.5 Å². The molecule has 2 spiro atoms. The normalized spacial score (nSPS) is 56.0. The highest BCUT2D eigenvalue weighted by molar-refractivity contribution is 5.97. The molecule has 2 heteroatoms. The molecular formula is C14H19BO. The van der Waals surface area contributed by atoms with Gasteiger partial charge in [0, 0.05) is 12.0 Å². The van der Waals surface area contributed by atoms with E-state index < -0.39 is 0 Å². The van der Waals surface area contributed by atoms with E-state index in [9.17, 15) is 0 Å². The Hall–Kier alpha value is -0.235. The molecule has 0 heterocycles. The standard InChI is InChI=1S/C14H19BO/c1-8-9(2)14-11-5-10(3-4-16-15)6-13(14,7-11)12(8)14/h10-12H,3-7H2,1-2H3. The number of fused-ring (bicyclic) bond motifs is 2. The largest absolute Gasteiger partial charge is 0.448 e. The minimum Gasteiger partial charge on any atom is -0.448 e. The number of rotatable bonds is 3. The van der Waals surface area contributed by atoms with Gasteiger partial charge in [-0.15, -0.1) is 0 Å². The second-order valence-corrected chi connectivity index (χ2v) is 6.63. The van der Waals surface area contributed by atoms with Crippen LogP contribution in [0.15, 0.2) is 11.1 Å². The summed E-state index contributed by atoms with van der Waals surface area (Å²) in [6.45, 7) is 5.51. The first-order valence-corrected chi connectivity index (χ1v) is 6.68. The molecule has 2 radical (unpaired) electrons. The Morgan fingerprint density at radius 2 is 2.19 bits per heavy atom. The highest BCUT2D eigenvalue weighted by atomic mass is 16.4. The molecule has 16 heavy (non-hydrogen) atoms. The van der Waals surface area contributed by atoms with Crippen LogP contribution in [0.2, 0.25) is 0 Å². The van der Waals surface area contributed by atoms with Gasteiger partial charge in [0.2, 0.25) is 0 Å². The van der Waals surface area contributed by atoms with Crippen LogP contribution in [0, 0.1) is 28.6 Å². The fraction of sp³-hybridized carbons (Fsp3) is 0.857. The summed E-state index contributed by atoms with van der Waals surface area (Å²) in [5.41, 5.74) is 4.97. The molecule has 5 aliphatic rings. The quantitative estimate of drug-likeness (QED) is 0.518. The third kappa shape index (κ3) is 0.696. The summed E-state index contributed by atoms with van der Waals surface area (Å²) >= 11 is 0. The second kappa shape index (κ2) is 2.61. The van der Waals surface area contributed by atoms with Crippen LogP contribution in [-0.2, 0) is 4.65 Å². The Bertz CT molecular complexity index is 402. The topological polar surface area (TPSA) is 9.23 Å². The maximum atomic E-state index is 5.14. The minimum atomic E-state index is 0.733. The third-order valence-electron chi connectivity index (χ3n) is 6.56. The van der Waals surface area contributed by atoms with Crippen molar-refractivity contribution >= 4 is 8.05 Å². The van der Waals surface area contributed by atoms with Crippen LogP contribution < -0.4 is 0 Å². The lowest BCUT2D eigenvalue weighted by Gasteiger charge is -2.53. The monoisotopic (exact) mass is 214 g/mol. The van der Waals surface area contributed by atoms with Crippen molar-refractivity contribution in [3.63, 3.8) is 0 Å². The van der Waals surface area contributed by atoms with E-state index in [-0.39, 0.29) is 0 Å². The number of hydrogen-bond donors (Lipinski definition) is 0. The van der Waals surface area contributed by atoms with Crippen molar-refractivity contribution in [2.75, 3.05) is 6.61 Å². The first-order valence-electron chi connectivity index (χ1n) is 6.68. The smallest absolute Gasteiger partial charge is 0.282 e. The maximum Gasteiger partial charge on any atom is 0.282 e. The Kier molecular flexibility index (Phi) is 1.59. The molecule has 0 saturated heterocycles. The fourth-order valence-electron chi connectivity index (χ4n) is 6.23. The predicted molar refractivity (Wildman–Crippen MR) is 63.9 cm³/mol. The van der Waals surface area contributed by atoms with E-state index in [1.807, 2.05) is 0 Å². The summed E-state index contributed by atoms with van der Waals surface area (Å²) in [5.74, 6) is 2.89. The van der Waals surface area contributed by atoms with E-state index in [1.165, 1.54) is 25.7 Å². The lowest BCUT2D eigenvalue weighted by atomic mass is 9.51. The van der Waals surface area contributed by atoms with Gasteiger partial charge >= 0.3 is 0 Å². The van der Waals surface area contributed by atoms with Crippen molar-refractivity contribution in [2.24, 2.45) is 28.6 Å². The zero-order chi connectivity index (χ0) is 11.1. The molecule has 5 atom stereocenters. The van der Waals surface area contributed by atoms with Crippen molar-refractivity contribution in [3.05, 3.63) is 11.1 Å². The highest BCUT2D eigenvalue weighted by Crippen LogP contribution is 2.97. The van der Waals surface area contributed by atoms with Gasteiger partial charge < -0.3 is 4.65 Å². The lowest BCUT2D eigenvalue weighted by Crippen LogP contribution is -2.45. The van der Waals surface area contributed by atoms with E-state index in [0.717, 1.165) is 35.2 Å². The second-order valence-electron chi connectivity index (χ2n) is 6.63. The molecule has 0 amide bonds. The molecule has 4 saturated carbocycles. The SMILES string of the molecule is [B]OCCC1CC2CC3(C1)C1C(C)=C(C)C213. The minimum absolute atomic E-state index is 0.733. The van der Waals surface area contributed by atoms with E-state index in [2.05, 4.69) is 13.8 Å². The molecule has 5 rings (SSSR count). The van der Waals surface area contributed by atoms with E-state index >= 15 is 0 Å². The van der Waals surface area contributed by atoms with Gasteiger partial charge in [-0.1, -0.05) is 11.1 Å². The molecular weight excluding hydrogens is 195 g/mol. The molecule has 84 valence electrons. The molecule has 4 fully saturated rings.